The van der Waals surface area contributed by atoms with E-state index in [0.29, 0.717) is 15.6 Å². The van der Waals surface area contributed by atoms with Gasteiger partial charge in [0.1, 0.15) is 10.9 Å². The van der Waals surface area contributed by atoms with E-state index >= 15 is 0 Å². The van der Waals surface area contributed by atoms with Crippen molar-refractivity contribution in [1.29, 1.82) is 0 Å². The van der Waals surface area contributed by atoms with Crippen LogP contribution in [-0.4, -0.2) is 33.9 Å². The van der Waals surface area contributed by atoms with Crippen molar-refractivity contribution in [2.24, 2.45) is 5.73 Å². The molecule has 8 heteroatoms. The van der Waals surface area contributed by atoms with Crippen molar-refractivity contribution >= 4 is 29.1 Å². The Balaban J connectivity index is 2.81. The van der Waals surface area contributed by atoms with Crippen molar-refractivity contribution in [3.05, 3.63) is 15.6 Å². The van der Waals surface area contributed by atoms with Crippen LogP contribution in [0.3, 0.4) is 0 Å². The number of carbonyl (C=O) groups excluding carboxylic acids is 2. The number of aliphatic carboxylic acids is 1. The lowest BCUT2D eigenvalue weighted by Crippen LogP contribution is -2.43. The Morgan fingerprint density at radius 3 is 2.44 bits per heavy atom. The molecule has 7 nitrogen and oxygen atoms in total. The summed E-state index contributed by atoms with van der Waals surface area (Å²) in [6.07, 6.45) is -0.447. The van der Waals surface area contributed by atoms with E-state index in [1.54, 1.807) is 13.8 Å². The van der Waals surface area contributed by atoms with Crippen molar-refractivity contribution < 1.29 is 19.5 Å². The van der Waals surface area contributed by atoms with Crippen molar-refractivity contribution in [2.45, 2.75) is 26.3 Å². The first-order valence-electron chi connectivity index (χ1n) is 5.07. The third kappa shape index (κ3) is 3.52. The highest BCUT2D eigenvalue weighted by Gasteiger charge is 2.24. The standard InChI is InChI=1S/C10H13N3O4S/c1-4-8(18-5(2)12-4)9(15)13-6(10(16)17)3-7(11)14/h6H,3H2,1-2H3,(H2,11,14)(H,13,15)(H,16,17). The zero-order valence-corrected chi connectivity index (χ0v) is 10.7. The molecule has 0 radical (unpaired) electrons. The first kappa shape index (κ1) is 14.1. The first-order chi connectivity index (χ1) is 8.31. The van der Waals surface area contributed by atoms with E-state index in [2.05, 4.69) is 10.3 Å². The summed E-state index contributed by atoms with van der Waals surface area (Å²) >= 11 is 1.16. The van der Waals surface area contributed by atoms with E-state index in [-0.39, 0.29) is 0 Å². The van der Waals surface area contributed by atoms with Gasteiger partial charge in [-0.05, 0) is 13.8 Å². The quantitative estimate of drug-likeness (QED) is 0.685. The van der Waals surface area contributed by atoms with Gasteiger partial charge >= 0.3 is 5.97 Å². The number of carboxylic acids is 1. The fourth-order valence-corrected chi connectivity index (χ4v) is 2.19. The second kappa shape index (κ2) is 5.58. The van der Waals surface area contributed by atoms with Crippen LogP contribution in [0, 0.1) is 13.8 Å². The molecular weight excluding hydrogens is 258 g/mol. The number of carbonyl (C=O) groups is 3. The molecule has 0 fully saturated rings. The molecule has 1 heterocycles. The zero-order chi connectivity index (χ0) is 13.9. The van der Waals surface area contributed by atoms with Crippen LogP contribution in [0.2, 0.25) is 0 Å². The van der Waals surface area contributed by atoms with Crippen LogP contribution in [0.4, 0.5) is 0 Å². The van der Waals surface area contributed by atoms with Crippen LogP contribution in [-0.2, 0) is 9.59 Å². The van der Waals surface area contributed by atoms with E-state index in [9.17, 15) is 14.4 Å². The van der Waals surface area contributed by atoms with Gasteiger partial charge in [-0.1, -0.05) is 0 Å². The molecule has 1 unspecified atom stereocenters. The molecule has 0 bridgehead atoms. The maximum absolute atomic E-state index is 11.8. The van der Waals surface area contributed by atoms with E-state index in [1.165, 1.54) is 0 Å². The summed E-state index contributed by atoms with van der Waals surface area (Å²) in [5.74, 6) is -2.66. The predicted octanol–water partition coefficient (Wildman–Crippen LogP) is -0.182. The van der Waals surface area contributed by atoms with Crippen molar-refractivity contribution in [3.8, 4) is 0 Å². The van der Waals surface area contributed by atoms with Gasteiger partial charge < -0.3 is 16.2 Å². The normalized spacial score (nSPS) is 11.9. The molecule has 0 saturated heterocycles. The topological polar surface area (TPSA) is 122 Å². The van der Waals surface area contributed by atoms with E-state index in [1.807, 2.05) is 0 Å². The summed E-state index contributed by atoms with van der Waals surface area (Å²) in [7, 11) is 0. The van der Waals surface area contributed by atoms with E-state index in [0.717, 1.165) is 11.3 Å². The summed E-state index contributed by atoms with van der Waals surface area (Å²) in [6.45, 7) is 3.40. The predicted molar refractivity (Wildman–Crippen MR) is 64.3 cm³/mol. The Morgan fingerprint density at radius 2 is 2.06 bits per heavy atom. The number of primary amides is 1. The molecule has 2 amide bonds. The summed E-state index contributed by atoms with van der Waals surface area (Å²) in [4.78, 5) is 37.8. The number of aromatic nitrogens is 1. The second-order valence-corrected chi connectivity index (χ2v) is 4.89. The van der Waals surface area contributed by atoms with Gasteiger partial charge in [0.2, 0.25) is 5.91 Å². The van der Waals surface area contributed by atoms with Crippen molar-refractivity contribution in [1.82, 2.24) is 10.3 Å². The van der Waals surface area contributed by atoms with Crippen molar-refractivity contribution in [3.63, 3.8) is 0 Å². The van der Waals surface area contributed by atoms with Crippen molar-refractivity contribution in [2.75, 3.05) is 0 Å². The Kier molecular flexibility index (Phi) is 4.38. The number of rotatable bonds is 5. The van der Waals surface area contributed by atoms with E-state index in [4.69, 9.17) is 10.8 Å². The molecule has 0 aliphatic heterocycles. The molecule has 1 aromatic heterocycles. The molecule has 1 rings (SSSR count). The minimum atomic E-state index is -1.32. The molecule has 0 aliphatic rings. The molecule has 0 aliphatic carbocycles. The molecule has 1 aromatic rings. The average molecular weight is 271 g/mol. The lowest BCUT2D eigenvalue weighted by atomic mass is 10.2. The number of hydrogen-bond acceptors (Lipinski definition) is 5. The van der Waals surface area contributed by atoms with Crippen LogP contribution in [0.25, 0.3) is 0 Å². The number of amides is 2. The fourth-order valence-electron chi connectivity index (χ4n) is 1.37. The van der Waals surface area contributed by atoms with Crippen LogP contribution < -0.4 is 11.1 Å². The number of nitrogens with two attached hydrogens (primary N) is 1. The maximum atomic E-state index is 11.8. The highest BCUT2D eigenvalue weighted by atomic mass is 32.1. The molecule has 0 aromatic carbocycles. The summed E-state index contributed by atoms with van der Waals surface area (Å²) in [6, 6.07) is -1.32. The maximum Gasteiger partial charge on any atom is 0.326 e. The Hall–Kier alpha value is -1.96. The fraction of sp³-hybridized carbons (Fsp3) is 0.400. The van der Waals surface area contributed by atoms with Crippen LogP contribution in [0.15, 0.2) is 0 Å². The smallest absolute Gasteiger partial charge is 0.326 e. The summed E-state index contributed by atoms with van der Waals surface area (Å²) in [5, 5.41) is 11.8. The molecule has 18 heavy (non-hydrogen) atoms. The number of nitrogens with zero attached hydrogens (tertiary/aromatic N) is 1. The lowest BCUT2D eigenvalue weighted by Gasteiger charge is -2.11. The minimum Gasteiger partial charge on any atom is -0.480 e. The first-order valence-corrected chi connectivity index (χ1v) is 5.89. The molecule has 1 atom stereocenters. The number of carboxylic acid groups (broad SMARTS) is 1. The third-order valence-electron chi connectivity index (χ3n) is 2.12. The van der Waals surface area contributed by atoms with Gasteiger partial charge in [0, 0.05) is 0 Å². The zero-order valence-electron chi connectivity index (χ0n) is 9.89. The Morgan fingerprint density at radius 1 is 1.44 bits per heavy atom. The number of nitrogens with one attached hydrogen (secondary N) is 1. The average Bonchev–Trinajstić information content (AvgIpc) is 2.56. The van der Waals surface area contributed by atoms with Crippen LogP contribution in [0.1, 0.15) is 26.8 Å². The molecular formula is C10H13N3O4S. The molecule has 4 N–H and O–H groups in total. The summed E-state index contributed by atoms with van der Waals surface area (Å²) < 4.78 is 0. The van der Waals surface area contributed by atoms with Gasteiger partial charge in [-0.15, -0.1) is 11.3 Å². The number of aryl methyl sites for hydroxylation is 2. The van der Waals surface area contributed by atoms with Gasteiger partial charge in [-0.25, -0.2) is 9.78 Å². The summed E-state index contributed by atoms with van der Waals surface area (Å²) in [5.41, 5.74) is 5.44. The van der Waals surface area contributed by atoms with Crippen LogP contribution >= 0.6 is 11.3 Å². The SMILES string of the molecule is Cc1nc(C)c(C(=O)NC(CC(N)=O)C(=O)O)s1. The highest BCUT2D eigenvalue weighted by molar-refractivity contribution is 7.13. The Labute approximate surface area is 107 Å². The molecule has 98 valence electrons. The largest absolute Gasteiger partial charge is 0.480 e. The van der Waals surface area contributed by atoms with Gasteiger partial charge in [0.05, 0.1) is 17.1 Å². The van der Waals surface area contributed by atoms with E-state index < -0.39 is 30.2 Å². The second-order valence-electron chi connectivity index (χ2n) is 3.68. The molecule has 0 spiro atoms. The van der Waals surface area contributed by atoms with Crippen LogP contribution in [0.5, 0.6) is 0 Å². The number of hydrogen-bond donors (Lipinski definition) is 3. The Bertz CT molecular complexity index is 497. The van der Waals surface area contributed by atoms with Gasteiger partial charge in [-0.2, -0.15) is 0 Å². The lowest BCUT2D eigenvalue weighted by molar-refractivity contribution is -0.140. The molecule has 0 saturated carbocycles. The van der Waals surface area contributed by atoms with Gasteiger partial charge in [0.15, 0.2) is 0 Å². The van der Waals surface area contributed by atoms with Gasteiger partial charge in [0.25, 0.3) is 5.91 Å². The highest BCUT2D eigenvalue weighted by Crippen LogP contribution is 2.17. The third-order valence-corrected chi connectivity index (χ3v) is 3.19. The number of thiazole rings is 1. The van der Waals surface area contributed by atoms with Gasteiger partial charge in [-0.3, -0.25) is 9.59 Å². The minimum absolute atomic E-state index is 0.336. The monoisotopic (exact) mass is 271 g/mol.